The molecule has 3 amide bonds. The number of aromatic nitrogens is 2. The summed E-state index contributed by atoms with van der Waals surface area (Å²) in [6.07, 6.45) is 3.54. The quantitative estimate of drug-likeness (QED) is 0.271. The number of thioether (sulfide) groups is 2. The number of carboxylic acids is 1. The van der Waals surface area contributed by atoms with Gasteiger partial charge in [0.25, 0.3) is 5.91 Å². The normalized spacial score (nSPS) is 19.4. The van der Waals surface area contributed by atoms with Crippen LogP contribution in [0.5, 0.6) is 0 Å². The Morgan fingerprint density at radius 1 is 1.27 bits per heavy atom. The molecule has 2 atom stereocenters. The van der Waals surface area contributed by atoms with Crippen molar-refractivity contribution in [1.29, 1.82) is 0 Å². The van der Waals surface area contributed by atoms with Crippen LogP contribution in [0.3, 0.4) is 0 Å². The molecule has 3 heterocycles. The summed E-state index contributed by atoms with van der Waals surface area (Å²) in [4.78, 5) is 57.2. The molecule has 0 saturated carbocycles. The van der Waals surface area contributed by atoms with Gasteiger partial charge in [-0.05, 0) is 11.1 Å². The van der Waals surface area contributed by atoms with Crippen LogP contribution in [0.4, 0.5) is 5.82 Å². The number of nitrogens with one attached hydrogen (secondary N) is 2. The van der Waals surface area contributed by atoms with Gasteiger partial charge in [0.2, 0.25) is 12.3 Å². The molecular weight excluding hydrogens is 466 g/mol. The first-order valence-corrected chi connectivity index (χ1v) is 11.9. The van der Waals surface area contributed by atoms with Crippen LogP contribution in [0.25, 0.3) is 0 Å². The Bertz CT molecular complexity index is 1130. The van der Waals surface area contributed by atoms with Crippen molar-refractivity contribution < 1.29 is 24.3 Å². The fourth-order valence-corrected chi connectivity index (χ4v) is 5.84. The summed E-state index contributed by atoms with van der Waals surface area (Å²) < 4.78 is 0. The van der Waals surface area contributed by atoms with E-state index in [1.807, 2.05) is 30.3 Å². The van der Waals surface area contributed by atoms with E-state index in [0.29, 0.717) is 22.8 Å². The number of nitrogens with zero attached hydrogens (tertiary/aromatic N) is 3. The molecule has 1 aromatic carbocycles. The van der Waals surface area contributed by atoms with E-state index in [2.05, 4.69) is 20.6 Å². The van der Waals surface area contributed by atoms with Gasteiger partial charge in [-0.3, -0.25) is 24.3 Å². The number of carbonyl (C=O) groups excluding carboxylic acids is 3. The summed E-state index contributed by atoms with van der Waals surface area (Å²) in [7, 11) is 0. The van der Waals surface area contributed by atoms with Gasteiger partial charge < -0.3 is 15.7 Å². The van der Waals surface area contributed by atoms with Crippen LogP contribution in [0.1, 0.15) is 5.56 Å². The fraction of sp³-hybridized carbons (Fsp3) is 0.238. The third kappa shape index (κ3) is 5.01. The van der Waals surface area contributed by atoms with Crippen molar-refractivity contribution in [2.75, 3.05) is 16.8 Å². The lowest BCUT2D eigenvalue weighted by atomic mass is 10.0. The SMILES string of the molecule is O=CNc1cncc(SCC2=C(C(=O)O)N3C(=O)C(NC(=O)Cc4ccccc4)[C@@H]3SC2)n1. The molecule has 3 N–H and O–H groups in total. The Kier molecular flexibility index (Phi) is 6.94. The summed E-state index contributed by atoms with van der Waals surface area (Å²) in [5.41, 5.74) is 1.35. The summed E-state index contributed by atoms with van der Waals surface area (Å²) in [5.74, 6) is -0.952. The van der Waals surface area contributed by atoms with Gasteiger partial charge in [0.15, 0.2) is 5.82 Å². The lowest BCUT2D eigenvalue weighted by Gasteiger charge is -2.49. The van der Waals surface area contributed by atoms with Crippen LogP contribution in [0.15, 0.2) is 59.0 Å². The van der Waals surface area contributed by atoms with Crippen LogP contribution >= 0.6 is 23.5 Å². The van der Waals surface area contributed by atoms with Crippen LogP contribution in [-0.2, 0) is 25.6 Å². The van der Waals surface area contributed by atoms with Crippen LogP contribution in [-0.4, -0.2) is 67.1 Å². The van der Waals surface area contributed by atoms with E-state index in [-0.39, 0.29) is 29.6 Å². The van der Waals surface area contributed by atoms with E-state index >= 15 is 0 Å². The zero-order valence-electron chi connectivity index (χ0n) is 17.1. The maximum absolute atomic E-state index is 12.8. The Labute approximate surface area is 197 Å². The van der Waals surface area contributed by atoms with Gasteiger partial charge in [-0.2, -0.15) is 0 Å². The molecule has 0 bridgehead atoms. The van der Waals surface area contributed by atoms with Crippen molar-refractivity contribution in [2.45, 2.75) is 22.9 Å². The third-order valence-corrected chi connectivity index (χ3v) is 7.31. The molecule has 1 saturated heterocycles. The van der Waals surface area contributed by atoms with Crippen LogP contribution < -0.4 is 10.6 Å². The summed E-state index contributed by atoms with van der Waals surface area (Å²) in [5, 5.41) is 15.0. The van der Waals surface area contributed by atoms with Gasteiger partial charge in [0.05, 0.1) is 18.8 Å². The minimum absolute atomic E-state index is 0.0556. The van der Waals surface area contributed by atoms with E-state index in [0.717, 1.165) is 5.56 Å². The molecule has 0 radical (unpaired) electrons. The monoisotopic (exact) mass is 485 g/mol. The summed E-state index contributed by atoms with van der Waals surface area (Å²) in [6, 6.07) is 8.42. The highest BCUT2D eigenvalue weighted by molar-refractivity contribution is 8.01. The first kappa shape index (κ1) is 22.8. The molecule has 2 aromatic rings. The number of amides is 3. The van der Waals surface area contributed by atoms with E-state index in [1.54, 1.807) is 0 Å². The molecule has 2 aliphatic rings. The fourth-order valence-electron chi connectivity index (χ4n) is 3.51. The van der Waals surface area contributed by atoms with E-state index in [1.165, 1.54) is 40.8 Å². The number of β-lactam (4-membered cyclic amide) rings is 1. The Morgan fingerprint density at radius 3 is 2.79 bits per heavy atom. The second-order valence-electron chi connectivity index (χ2n) is 7.17. The van der Waals surface area contributed by atoms with Crippen molar-refractivity contribution in [3.63, 3.8) is 0 Å². The number of benzene rings is 1. The van der Waals surface area contributed by atoms with E-state index in [4.69, 9.17) is 0 Å². The first-order chi connectivity index (χ1) is 16.0. The maximum Gasteiger partial charge on any atom is 0.352 e. The second kappa shape index (κ2) is 10.0. The standard InChI is InChI=1S/C21H19N5O5S2/c27-11-23-14-7-22-8-16(24-14)32-9-13-10-33-20-17(19(29)26(20)18(13)21(30)31)25-15(28)6-12-4-2-1-3-5-12/h1-5,7-8,11,17,20H,6,9-10H2,(H,25,28)(H,30,31)(H,23,24,27)/t17?,20-/m0/s1. The predicted molar refractivity (Wildman–Crippen MR) is 122 cm³/mol. The van der Waals surface area contributed by atoms with Gasteiger partial charge in [0.1, 0.15) is 22.1 Å². The van der Waals surface area contributed by atoms with Crippen molar-refractivity contribution in [3.8, 4) is 0 Å². The third-order valence-electron chi connectivity index (χ3n) is 4.99. The molecule has 0 aliphatic carbocycles. The molecule has 170 valence electrons. The number of fused-ring (bicyclic) bond motifs is 1. The molecule has 33 heavy (non-hydrogen) atoms. The van der Waals surface area contributed by atoms with Crippen LogP contribution in [0.2, 0.25) is 0 Å². The molecule has 1 fully saturated rings. The topological polar surface area (TPSA) is 142 Å². The van der Waals surface area contributed by atoms with Crippen molar-refractivity contribution in [2.24, 2.45) is 0 Å². The van der Waals surface area contributed by atoms with Crippen molar-refractivity contribution >= 4 is 53.5 Å². The largest absolute Gasteiger partial charge is 0.477 e. The first-order valence-electron chi connectivity index (χ1n) is 9.86. The number of hydrogen-bond donors (Lipinski definition) is 3. The zero-order chi connectivity index (χ0) is 23.4. The summed E-state index contributed by atoms with van der Waals surface area (Å²) in [6.45, 7) is 0. The molecular formula is C21H19N5O5S2. The van der Waals surface area contributed by atoms with Crippen LogP contribution in [0, 0.1) is 0 Å². The number of aliphatic carboxylic acids is 1. The minimum atomic E-state index is -1.19. The lowest BCUT2D eigenvalue weighted by Crippen LogP contribution is -2.70. The van der Waals surface area contributed by atoms with Gasteiger partial charge >= 0.3 is 5.97 Å². The minimum Gasteiger partial charge on any atom is -0.477 e. The molecule has 12 heteroatoms. The van der Waals surface area contributed by atoms with Crippen molar-refractivity contribution in [3.05, 3.63) is 59.6 Å². The number of rotatable bonds is 9. The maximum atomic E-state index is 12.8. The van der Waals surface area contributed by atoms with Gasteiger partial charge in [-0.1, -0.05) is 30.3 Å². The average molecular weight is 486 g/mol. The number of hydrogen-bond acceptors (Lipinski definition) is 8. The highest BCUT2D eigenvalue weighted by Gasteiger charge is 2.54. The molecule has 4 rings (SSSR count). The molecule has 2 aliphatic heterocycles. The van der Waals surface area contributed by atoms with Gasteiger partial charge in [-0.15, -0.1) is 23.5 Å². The number of carboxylic acid groups (broad SMARTS) is 1. The number of anilines is 1. The Balaban J connectivity index is 1.43. The summed E-state index contributed by atoms with van der Waals surface area (Å²) >= 11 is 2.67. The molecule has 1 unspecified atom stereocenters. The highest BCUT2D eigenvalue weighted by atomic mass is 32.2. The molecule has 1 aromatic heterocycles. The van der Waals surface area contributed by atoms with Gasteiger partial charge in [-0.25, -0.2) is 9.78 Å². The molecule has 0 spiro atoms. The highest BCUT2D eigenvalue weighted by Crippen LogP contribution is 2.41. The Morgan fingerprint density at radius 2 is 2.06 bits per heavy atom. The molecule has 10 nitrogen and oxygen atoms in total. The number of carbonyl (C=O) groups is 4. The van der Waals surface area contributed by atoms with E-state index < -0.39 is 23.3 Å². The Hall–Kier alpha value is -3.38. The van der Waals surface area contributed by atoms with E-state index in [9.17, 15) is 24.3 Å². The zero-order valence-corrected chi connectivity index (χ0v) is 18.8. The second-order valence-corrected chi connectivity index (χ2v) is 9.27. The smallest absolute Gasteiger partial charge is 0.352 e. The van der Waals surface area contributed by atoms with Gasteiger partial charge in [0, 0.05) is 11.5 Å². The van der Waals surface area contributed by atoms with Crippen molar-refractivity contribution in [1.82, 2.24) is 20.2 Å². The lowest BCUT2D eigenvalue weighted by molar-refractivity contribution is -0.150. The predicted octanol–water partition coefficient (Wildman–Crippen LogP) is 1.12. The average Bonchev–Trinajstić information content (AvgIpc) is 2.81.